The molecule has 0 aliphatic heterocycles. The largest absolute Gasteiger partial charge is 0.481 e. The molecule has 0 aliphatic rings. The Morgan fingerprint density at radius 3 is 2.43 bits per heavy atom. The highest BCUT2D eigenvalue weighted by atomic mass is 19.4. The van der Waals surface area contributed by atoms with Crippen LogP contribution in [0.1, 0.15) is 24.2 Å². The summed E-state index contributed by atoms with van der Waals surface area (Å²) >= 11 is 0. The van der Waals surface area contributed by atoms with Gasteiger partial charge in [-0.05, 0) is 6.92 Å². The molecule has 0 aromatic carbocycles. The highest BCUT2D eigenvalue weighted by Crippen LogP contribution is 2.36. The van der Waals surface area contributed by atoms with Crippen LogP contribution in [-0.4, -0.2) is 17.3 Å². The van der Waals surface area contributed by atoms with Gasteiger partial charge in [0.25, 0.3) is 0 Å². The van der Waals surface area contributed by atoms with Crippen molar-refractivity contribution in [3.05, 3.63) is 11.3 Å². The predicted molar refractivity (Wildman–Crippen MR) is 42.7 cm³/mol. The highest BCUT2D eigenvalue weighted by molar-refractivity contribution is 5.34. The van der Waals surface area contributed by atoms with Gasteiger partial charge in [0.1, 0.15) is 0 Å². The van der Waals surface area contributed by atoms with E-state index in [1.165, 1.54) is 14.0 Å². The number of aromatic amines is 1. The van der Waals surface area contributed by atoms with Crippen LogP contribution in [0, 0.1) is 0 Å². The number of nitrogens with two attached hydrogens (primary N) is 1. The van der Waals surface area contributed by atoms with Crippen molar-refractivity contribution in [2.24, 2.45) is 5.73 Å². The van der Waals surface area contributed by atoms with Crippen LogP contribution in [0.5, 0.6) is 5.88 Å². The normalized spacial score (nSPS) is 14.1. The predicted octanol–water partition coefficient (Wildman–Crippen LogP) is 1.46. The minimum Gasteiger partial charge on any atom is -0.481 e. The fourth-order valence-electron chi connectivity index (χ4n) is 1.13. The second-order valence-electron chi connectivity index (χ2n) is 2.81. The summed E-state index contributed by atoms with van der Waals surface area (Å²) in [5.41, 5.74) is 4.22. The summed E-state index contributed by atoms with van der Waals surface area (Å²) < 4.78 is 41.8. The molecule has 0 radical (unpaired) electrons. The Bertz CT molecular complexity index is 318. The average molecular weight is 209 g/mol. The van der Waals surface area contributed by atoms with E-state index in [0.717, 1.165) is 0 Å². The number of methoxy groups -OCH3 is 1. The first-order valence-corrected chi connectivity index (χ1v) is 3.83. The zero-order chi connectivity index (χ0) is 10.9. The number of ether oxygens (including phenoxy) is 1. The van der Waals surface area contributed by atoms with Gasteiger partial charge in [0.15, 0.2) is 5.69 Å². The van der Waals surface area contributed by atoms with Crippen molar-refractivity contribution >= 4 is 0 Å². The second kappa shape index (κ2) is 3.49. The lowest BCUT2D eigenvalue weighted by molar-refractivity contribution is -0.142. The fraction of sp³-hybridized carbons (Fsp3) is 0.571. The molecule has 3 N–H and O–H groups in total. The van der Waals surface area contributed by atoms with Gasteiger partial charge in [-0.15, -0.1) is 0 Å². The lowest BCUT2D eigenvalue weighted by atomic mass is 10.1. The van der Waals surface area contributed by atoms with Gasteiger partial charge in [-0.1, -0.05) is 0 Å². The van der Waals surface area contributed by atoms with Crippen LogP contribution in [0.4, 0.5) is 13.2 Å². The van der Waals surface area contributed by atoms with E-state index < -0.39 is 17.9 Å². The molecule has 0 spiro atoms. The van der Waals surface area contributed by atoms with Gasteiger partial charge in [0.05, 0.1) is 12.7 Å². The Labute approximate surface area is 78.2 Å². The number of nitrogens with one attached hydrogen (secondary N) is 1. The molecule has 1 aromatic heterocycles. The molecule has 1 aromatic rings. The smallest absolute Gasteiger partial charge is 0.435 e. The molecular weight excluding hydrogens is 199 g/mol. The Morgan fingerprint density at radius 1 is 1.50 bits per heavy atom. The van der Waals surface area contributed by atoms with Crippen LogP contribution in [0.25, 0.3) is 0 Å². The fourth-order valence-corrected chi connectivity index (χ4v) is 1.13. The van der Waals surface area contributed by atoms with Gasteiger partial charge in [-0.3, -0.25) is 0 Å². The first kappa shape index (κ1) is 10.8. The quantitative estimate of drug-likeness (QED) is 0.774. The van der Waals surface area contributed by atoms with Crippen molar-refractivity contribution in [2.75, 3.05) is 7.11 Å². The van der Waals surface area contributed by atoms with E-state index in [1.807, 2.05) is 0 Å². The Balaban J connectivity index is 3.25. The SMILES string of the molecule is COc1[nH]nc(C(F)(F)F)c1C(C)N. The number of rotatable bonds is 2. The molecular formula is C7H10F3N3O. The zero-order valence-electron chi connectivity index (χ0n) is 7.64. The first-order chi connectivity index (χ1) is 6.38. The van der Waals surface area contributed by atoms with E-state index in [9.17, 15) is 13.2 Å². The van der Waals surface area contributed by atoms with E-state index in [-0.39, 0.29) is 11.4 Å². The van der Waals surface area contributed by atoms with Crippen molar-refractivity contribution in [3.8, 4) is 5.88 Å². The summed E-state index contributed by atoms with van der Waals surface area (Å²) in [6.07, 6.45) is -4.52. The molecule has 0 amide bonds. The van der Waals surface area contributed by atoms with Crippen LogP contribution in [-0.2, 0) is 6.18 Å². The Hall–Kier alpha value is -1.24. The lowest BCUT2D eigenvalue weighted by Crippen LogP contribution is -2.14. The molecule has 80 valence electrons. The van der Waals surface area contributed by atoms with E-state index >= 15 is 0 Å². The second-order valence-corrected chi connectivity index (χ2v) is 2.81. The summed E-state index contributed by atoms with van der Waals surface area (Å²) in [5, 5.41) is 5.26. The number of H-pyrrole nitrogens is 1. The summed E-state index contributed by atoms with van der Waals surface area (Å²) in [7, 11) is 1.25. The van der Waals surface area contributed by atoms with Gasteiger partial charge in [0, 0.05) is 6.04 Å². The number of aromatic nitrogens is 2. The van der Waals surface area contributed by atoms with Crippen molar-refractivity contribution in [3.63, 3.8) is 0 Å². The average Bonchev–Trinajstić information content (AvgIpc) is 2.45. The molecule has 14 heavy (non-hydrogen) atoms. The molecule has 0 aliphatic carbocycles. The molecule has 1 rings (SSSR count). The van der Waals surface area contributed by atoms with Crippen LogP contribution < -0.4 is 10.5 Å². The minimum atomic E-state index is -4.52. The number of alkyl halides is 3. The van der Waals surface area contributed by atoms with Crippen LogP contribution >= 0.6 is 0 Å². The maximum atomic E-state index is 12.4. The Morgan fingerprint density at radius 2 is 2.07 bits per heavy atom. The third kappa shape index (κ3) is 1.82. The molecule has 1 heterocycles. The highest BCUT2D eigenvalue weighted by Gasteiger charge is 2.39. The maximum Gasteiger partial charge on any atom is 0.435 e. The van der Waals surface area contributed by atoms with Gasteiger partial charge >= 0.3 is 6.18 Å². The molecule has 7 heteroatoms. The number of nitrogens with zero attached hydrogens (tertiary/aromatic N) is 1. The van der Waals surface area contributed by atoms with E-state index in [0.29, 0.717) is 0 Å². The molecule has 1 unspecified atom stereocenters. The summed E-state index contributed by atoms with van der Waals surface area (Å²) in [6, 6.07) is -0.791. The van der Waals surface area contributed by atoms with Crippen molar-refractivity contribution < 1.29 is 17.9 Å². The third-order valence-electron chi connectivity index (χ3n) is 1.70. The zero-order valence-corrected chi connectivity index (χ0v) is 7.64. The van der Waals surface area contributed by atoms with Gasteiger partial charge in [-0.25, -0.2) is 5.10 Å². The third-order valence-corrected chi connectivity index (χ3v) is 1.70. The number of hydrogen-bond donors (Lipinski definition) is 2. The molecule has 4 nitrogen and oxygen atoms in total. The first-order valence-electron chi connectivity index (χ1n) is 3.83. The summed E-state index contributed by atoms with van der Waals surface area (Å²) in [5.74, 6) is -0.0488. The van der Waals surface area contributed by atoms with E-state index in [4.69, 9.17) is 5.73 Å². The number of hydrogen-bond acceptors (Lipinski definition) is 3. The van der Waals surface area contributed by atoms with Crippen molar-refractivity contribution in [2.45, 2.75) is 19.1 Å². The monoisotopic (exact) mass is 209 g/mol. The molecule has 0 saturated heterocycles. The Kier molecular flexibility index (Phi) is 2.70. The minimum absolute atomic E-state index is 0.0488. The van der Waals surface area contributed by atoms with Crippen molar-refractivity contribution in [1.82, 2.24) is 10.2 Å². The lowest BCUT2D eigenvalue weighted by Gasteiger charge is -2.09. The topological polar surface area (TPSA) is 63.9 Å². The van der Waals surface area contributed by atoms with Gasteiger partial charge in [-0.2, -0.15) is 18.3 Å². The van der Waals surface area contributed by atoms with Gasteiger partial charge in [0.2, 0.25) is 5.88 Å². The molecule has 0 bridgehead atoms. The van der Waals surface area contributed by atoms with Crippen LogP contribution in [0.15, 0.2) is 0 Å². The molecule has 0 saturated carbocycles. The summed E-state index contributed by atoms with van der Waals surface area (Å²) in [4.78, 5) is 0. The molecule has 1 atom stereocenters. The maximum absolute atomic E-state index is 12.4. The van der Waals surface area contributed by atoms with E-state index in [1.54, 1.807) is 0 Å². The van der Waals surface area contributed by atoms with Crippen molar-refractivity contribution in [1.29, 1.82) is 0 Å². The van der Waals surface area contributed by atoms with E-state index in [2.05, 4.69) is 14.9 Å². The molecule has 0 fully saturated rings. The number of halogens is 3. The van der Waals surface area contributed by atoms with Crippen LogP contribution in [0.3, 0.4) is 0 Å². The van der Waals surface area contributed by atoms with Crippen LogP contribution in [0.2, 0.25) is 0 Å². The standard InChI is InChI=1S/C7H10F3N3O/c1-3(11)4-5(7(8,9)10)12-13-6(4)14-2/h3H,11H2,1-2H3,(H,12,13). The van der Waals surface area contributed by atoms with Gasteiger partial charge < -0.3 is 10.5 Å². The summed E-state index contributed by atoms with van der Waals surface area (Å²) in [6.45, 7) is 1.43.